The van der Waals surface area contributed by atoms with Gasteiger partial charge in [-0.15, -0.1) is 0 Å². The Labute approximate surface area is 159 Å². The van der Waals surface area contributed by atoms with Gasteiger partial charge in [0.25, 0.3) is 0 Å². The summed E-state index contributed by atoms with van der Waals surface area (Å²) in [4.78, 5) is 2.49. The quantitative estimate of drug-likeness (QED) is 0.718. The fourth-order valence-corrected chi connectivity index (χ4v) is 4.35. The molecule has 0 atom stereocenters. The average molecular weight is 363 g/mol. The summed E-state index contributed by atoms with van der Waals surface area (Å²) in [5.74, 6) is 0. The lowest BCUT2D eigenvalue weighted by molar-refractivity contribution is -0.102. The normalized spacial score (nSPS) is 19.3. The predicted molar refractivity (Wildman–Crippen MR) is 103 cm³/mol. The highest BCUT2D eigenvalue weighted by Gasteiger charge is 2.43. The van der Waals surface area contributed by atoms with Gasteiger partial charge < -0.3 is 4.74 Å². The summed E-state index contributed by atoms with van der Waals surface area (Å²) >= 11 is 0. The summed E-state index contributed by atoms with van der Waals surface area (Å²) in [6.45, 7) is 3.76. The van der Waals surface area contributed by atoms with Crippen molar-refractivity contribution in [3.63, 3.8) is 0 Å². The Balaban J connectivity index is 1.36. The highest BCUT2D eigenvalue weighted by molar-refractivity contribution is 5.35. The van der Waals surface area contributed by atoms with Crippen LogP contribution in [0.3, 0.4) is 0 Å². The number of para-hydroxylation sites is 1. The van der Waals surface area contributed by atoms with E-state index in [1.54, 1.807) is 0 Å². The van der Waals surface area contributed by atoms with Gasteiger partial charge in [0.15, 0.2) is 0 Å². The molecule has 1 spiro atoms. The van der Waals surface area contributed by atoms with Gasteiger partial charge in [-0.05, 0) is 43.0 Å². The molecule has 0 bridgehead atoms. The van der Waals surface area contributed by atoms with Crippen molar-refractivity contribution in [2.24, 2.45) is 7.05 Å². The van der Waals surface area contributed by atoms with E-state index in [1.165, 1.54) is 11.3 Å². The van der Waals surface area contributed by atoms with E-state index in [1.807, 2.05) is 28.7 Å². The molecule has 0 N–H and O–H groups in total. The minimum atomic E-state index is -0.226. The monoisotopic (exact) mass is 363 g/mol. The van der Waals surface area contributed by atoms with Crippen LogP contribution in [-0.2, 0) is 30.4 Å². The summed E-state index contributed by atoms with van der Waals surface area (Å²) in [6.07, 6.45) is 6.99. The number of nitrogens with zero attached hydrogens (tertiary/aromatic N) is 5. The summed E-state index contributed by atoms with van der Waals surface area (Å²) in [7, 11) is 2.01. The van der Waals surface area contributed by atoms with Gasteiger partial charge >= 0.3 is 0 Å². The van der Waals surface area contributed by atoms with Crippen molar-refractivity contribution in [1.82, 2.24) is 24.5 Å². The van der Waals surface area contributed by atoms with Crippen LogP contribution in [0.25, 0.3) is 5.69 Å². The van der Waals surface area contributed by atoms with Crippen molar-refractivity contribution in [2.75, 3.05) is 19.7 Å². The molecule has 0 amide bonds. The molecule has 4 heterocycles. The van der Waals surface area contributed by atoms with Crippen molar-refractivity contribution in [1.29, 1.82) is 0 Å². The third-order valence-corrected chi connectivity index (χ3v) is 5.96. The van der Waals surface area contributed by atoms with Crippen LogP contribution < -0.4 is 0 Å². The molecule has 5 rings (SSSR count). The van der Waals surface area contributed by atoms with Crippen LogP contribution >= 0.6 is 0 Å². The molecule has 1 saturated heterocycles. The molecule has 0 radical (unpaired) electrons. The lowest BCUT2D eigenvalue weighted by Gasteiger charge is -2.43. The van der Waals surface area contributed by atoms with Crippen LogP contribution in [0.1, 0.15) is 29.8 Å². The number of ether oxygens (including phenoxy) is 1. The molecule has 6 nitrogen and oxygen atoms in total. The molecule has 2 aromatic heterocycles. The van der Waals surface area contributed by atoms with Gasteiger partial charge in [0, 0.05) is 39.1 Å². The van der Waals surface area contributed by atoms with Crippen LogP contribution in [0.5, 0.6) is 0 Å². The molecule has 0 aliphatic carbocycles. The largest absolute Gasteiger partial charge is 0.368 e. The third kappa shape index (κ3) is 2.99. The Morgan fingerprint density at radius 1 is 1.11 bits per heavy atom. The minimum absolute atomic E-state index is 0.226. The molecule has 6 heteroatoms. The van der Waals surface area contributed by atoms with E-state index in [0.717, 1.165) is 56.9 Å². The highest BCUT2D eigenvalue weighted by Crippen LogP contribution is 2.41. The Morgan fingerprint density at radius 2 is 1.93 bits per heavy atom. The van der Waals surface area contributed by atoms with Crippen molar-refractivity contribution in [2.45, 2.75) is 31.4 Å². The van der Waals surface area contributed by atoms with Crippen LogP contribution in [0.15, 0.2) is 48.8 Å². The fraction of sp³-hybridized carbons (Fsp3) is 0.429. The van der Waals surface area contributed by atoms with Gasteiger partial charge in [-0.1, -0.05) is 18.2 Å². The Morgan fingerprint density at radius 3 is 2.67 bits per heavy atom. The van der Waals surface area contributed by atoms with Gasteiger partial charge in [-0.25, -0.2) is 4.68 Å². The van der Waals surface area contributed by atoms with E-state index in [4.69, 9.17) is 9.84 Å². The Kier molecular flexibility index (Phi) is 4.10. The first kappa shape index (κ1) is 16.7. The van der Waals surface area contributed by atoms with Crippen LogP contribution in [0.4, 0.5) is 0 Å². The van der Waals surface area contributed by atoms with Crippen molar-refractivity contribution < 1.29 is 4.74 Å². The number of hydrogen-bond donors (Lipinski definition) is 0. The van der Waals surface area contributed by atoms with Gasteiger partial charge in [-0.2, -0.15) is 10.2 Å². The number of rotatable bonds is 3. The molecule has 0 saturated carbocycles. The number of aromatic nitrogens is 4. The summed E-state index contributed by atoms with van der Waals surface area (Å²) < 4.78 is 10.3. The zero-order chi connectivity index (χ0) is 18.3. The Bertz CT molecular complexity index is 921. The molecule has 3 aromatic rings. The predicted octanol–water partition coefficient (Wildman–Crippen LogP) is 2.67. The highest BCUT2D eigenvalue weighted by atomic mass is 16.5. The first-order valence-electron chi connectivity index (χ1n) is 9.71. The lowest BCUT2D eigenvalue weighted by atomic mass is 9.84. The van der Waals surface area contributed by atoms with E-state index in [2.05, 4.69) is 46.5 Å². The van der Waals surface area contributed by atoms with E-state index in [0.29, 0.717) is 0 Å². The maximum atomic E-state index is 6.37. The standard InChI is InChI=1S/C21H25N5O/c1-24-19(7-11-22-24)16-25-12-9-21(10-13-25)20-17(8-14-27-21)15-26(23-20)18-5-3-2-4-6-18/h2-7,11,15H,8-10,12-14,16H2,1H3. The van der Waals surface area contributed by atoms with Crippen molar-refractivity contribution in [3.8, 4) is 5.69 Å². The molecule has 1 aromatic carbocycles. The second-order valence-corrected chi connectivity index (χ2v) is 7.60. The van der Waals surface area contributed by atoms with Crippen molar-refractivity contribution in [3.05, 3.63) is 65.7 Å². The van der Waals surface area contributed by atoms with E-state index in [9.17, 15) is 0 Å². The van der Waals surface area contributed by atoms with Gasteiger partial charge in [0.05, 0.1) is 23.7 Å². The van der Waals surface area contributed by atoms with E-state index < -0.39 is 0 Å². The van der Waals surface area contributed by atoms with E-state index >= 15 is 0 Å². The smallest absolute Gasteiger partial charge is 0.115 e. The number of piperidine rings is 1. The molecule has 140 valence electrons. The van der Waals surface area contributed by atoms with Crippen molar-refractivity contribution >= 4 is 0 Å². The van der Waals surface area contributed by atoms with Crippen LogP contribution in [0.2, 0.25) is 0 Å². The second-order valence-electron chi connectivity index (χ2n) is 7.60. The van der Waals surface area contributed by atoms with Crippen LogP contribution in [-0.4, -0.2) is 44.2 Å². The third-order valence-electron chi connectivity index (χ3n) is 5.96. The number of benzene rings is 1. The first-order valence-corrected chi connectivity index (χ1v) is 9.71. The molecular formula is C21H25N5O. The zero-order valence-corrected chi connectivity index (χ0v) is 15.7. The maximum absolute atomic E-state index is 6.37. The lowest BCUT2D eigenvalue weighted by Crippen LogP contribution is -2.46. The maximum Gasteiger partial charge on any atom is 0.115 e. The second kappa shape index (κ2) is 6.62. The Hall–Kier alpha value is -2.44. The average Bonchev–Trinajstić information content (AvgIpc) is 3.32. The van der Waals surface area contributed by atoms with Gasteiger partial charge in [0.1, 0.15) is 5.60 Å². The fourth-order valence-electron chi connectivity index (χ4n) is 4.35. The number of hydrogen-bond acceptors (Lipinski definition) is 4. The van der Waals surface area contributed by atoms with E-state index in [-0.39, 0.29) is 5.60 Å². The first-order chi connectivity index (χ1) is 13.2. The number of likely N-dealkylation sites (tertiary alicyclic amines) is 1. The molecule has 2 aliphatic heterocycles. The molecule has 0 unspecified atom stereocenters. The summed E-state index contributed by atoms with van der Waals surface area (Å²) in [5.41, 5.74) is 4.62. The molecule has 27 heavy (non-hydrogen) atoms. The molecular weight excluding hydrogens is 338 g/mol. The molecule has 1 fully saturated rings. The SMILES string of the molecule is Cn1nccc1CN1CCC2(CC1)OCCc1cn(-c3ccccc3)nc12. The zero-order valence-electron chi connectivity index (χ0n) is 15.7. The number of fused-ring (bicyclic) bond motifs is 2. The van der Waals surface area contributed by atoms with Gasteiger partial charge in [-0.3, -0.25) is 9.58 Å². The summed E-state index contributed by atoms with van der Waals surface area (Å²) in [6, 6.07) is 12.4. The minimum Gasteiger partial charge on any atom is -0.368 e. The number of aryl methyl sites for hydroxylation is 1. The molecule has 2 aliphatic rings. The summed E-state index contributed by atoms with van der Waals surface area (Å²) in [5, 5.41) is 9.25. The van der Waals surface area contributed by atoms with Crippen LogP contribution in [0, 0.1) is 0 Å². The topological polar surface area (TPSA) is 48.1 Å². The van der Waals surface area contributed by atoms with Gasteiger partial charge in [0.2, 0.25) is 0 Å².